The van der Waals surface area contributed by atoms with Crippen LogP contribution in [0, 0.1) is 0 Å². The fourth-order valence-electron chi connectivity index (χ4n) is 2.77. The van der Waals surface area contributed by atoms with Gasteiger partial charge in [0.1, 0.15) is 6.04 Å². The summed E-state index contributed by atoms with van der Waals surface area (Å²) >= 11 is 0. The predicted octanol–water partition coefficient (Wildman–Crippen LogP) is 2.26. The van der Waals surface area contributed by atoms with Crippen LogP contribution in [0.15, 0.2) is 42.5 Å². The Balaban J connectivity index is 1.87. The molecule has 138 valence electrons. The molecule has 0 heterocycles. The van der Waals surface area contributed by atoms with Crippen molar-refractivity contribution in [2.75, 3.05) is 6.54 Å². The van der Waals surface area contributed by atoms with E-state index in [1.807, 2.05) is 49.4 Å². The topological polar surface area (TPSA) is 95.5 Å². The Bertz CT molecular complexity index is 783. The molecule has 3 N–H and O–H groups in total. The zero-order valence-corrected chi connectivity index (χ0v) is 14.8. The van der Waals surface area contributed by atoms with Gasteiger partial charge >= 0.3 is 5.97 Å². The van der Waals surface area contributed by atoms with Gasteiger partial charge in [-0.15, -0.1) is 0 Å². The van der Waals surface area contributed by atoms with Crippen LogP contribution in [0.5, 0.6) is 0 Å². The Kier molecular flexibility index (Phi) is 7.14. The Morgan fingerprint density at radius 2 is 1.77 bits per heavy atom. The van der Waals surface area contributed by atoms with E-state index in [1.54, 1.807) is 0 Å². The van der Waals surface area contributed by atoms with Crippen molar-refractivity contribution in [2.45, 2.75) is 38.6 Å². The van der Waals surface area contributed by atoms with E-state index in [0.29, 0.717) is 12.8 Å². The number of carbonyl (C=O) groups is 3. The predicted molar refractivity (Wildman–Crippen MR) is 99.8 cm³/mol. The molecule has 0 saturated heterocycles. The van der Waals surface area contributed by atoms with Gasteiger partial charge in [0, 0.05) is 0 Å². The molecule has 0 fully saturated rings. The molecule has 0 radical (unpaired) electrons. The smallest absolute Gasteiger partial charge is 0.326 e. The first-order valence-corrected chi connectivity index (χ1v) is 8.76. The van der Waals surface area contributed by atoms with Crippen molar-refractivity contribution in [3.05, 3.63) is 48.0 Å². The maximum absolute atomic E-state index is 12.1. The normalized spacial score (nSPS) is 11.7. The van der Waals surface area contributed by atoms with Gasteiger partial charge in [0.25, 0.3) is 0 Å². The van der Waals surface area contributed by atoms with Gasteiger partial charge in [0.15, 0.2) is 0 Å². The third-order valence-corrected chi connectivity index (χ3v) is 4.16. The average molecular weight is 356 g/mol. The largest absolute Gasteiger partial charge is 0.480 e. The number of carbonyl (C=O) groups excluding carboxylic acids is 2. The molecule has 0 bridgehead atoms. The molecule has 6 nitrogen and oxygen atoms in total. The minimum Gasteiger partial charge on any atom is -0.480 e. The first-order valence-electron chi connectivity index (χ1n) is 8.76. The first kappa shape index (κ1) is 19.4. The van der Waals surface area contributed by atoms with Crippen molar-refractivity contribution in [1.29, 1.82) is 0 Å². The minimum absolute atomic E-state index is 0.160. The van der Waals surface area contributed by atoms with Gasteiger partial charge in [0.05, 0.1) is 13.0 Å². The molecule has 26 heavy (non-hydrogen) atoms. The second kappa shape index (κ2) is 9.56. The highest BCUT2D eigenvalue weighted by atomic mass is 16.4. The molecule has 2 aromatic rings. The zero-order valence-electron chi connectivity index (χ0n) is 14.8. The molecule has 0 aliphatic heterocycles. The monoisotopic (exact) mass is 356 g/mol. The number of rotatable bonds is 9. The van der Waals surface area contributed by atoms with Gasteiger partial charge in [-0.2, -0.15) is 0 Å². The van der Waals surface area contributed by atoms with E-state index in [0.717, 1.165) is 22.8 Å². The summed E-state index contributed by atoms with van der Waals surface area (Å²) in [5.74, 6) is -1.84. The summed E-state index contributed by atoms with van der Waals surface area (Å²) in [6, 6.07) is 12.6. The molecule has 1 unspecified atom stereocenters. The lowest BCUT2D eigenvalue weighted by Gasteiger charge is -2.14. The molecule has 0 aliphatic carbocycles. The molecule has 0 aliphatic rings. The van der Waals surface area contributed by atoms with E-state index < -0.39 is 17.9 Å². The Morgan fingerprint density at radius 3 is 2.50 bits per heavy atom. The summed E-state index contributed by atoms with van der Waals surface area (Å²) in [5.41, 5.74) is 0.882. The zero-order chi connectivity index (χ0) is 18.9. The standard InChI is InChI=1S/C20H24N2O4/c1-2-3-11-17(20(25)26)22-19(24)13-21-18(23)12-15-9-6-8-14-7-4-5-10-16(14)15/h4-10,17H,2-3,11-13H2,1H3,(H,21,23)(H,22,24)(H,25,26). The fourth-order valence-corrected chi connectivity index (χ4v) is 2.77. The fraction of sp³-hybridized carbons (Fsp3) is 0.350. The van der Waals surface area contributed by atoms with Crippen LogP contribution in [0.4, 0.5) is 0 Å². The van der Waals surface area contributed by atoms with Gasteiger partial charge in [-0.25, -0.2) is 4.79 Å². The quantitative estimate of drug-likeness (QED) is 0.642. The van der Waals surface area contributed by atoms with Crippen molar-refractivity contribution >= 4 is 28.6 Å². The molecule has 2 aromatic carbocycles. The van der Waals surface area contributed by atoms with Crippen LogP contribution in [-0.2, 0) is 20.8 Å². The number of nitrogens with one attached hydrogen (secondary N) is 2. The minimum atomic E-state index is -1.06. The van der Waals surface area contributed by atoms with Gasteiger partial charge in [-0.05, 0) is 22.8 Å². The summed E-state index contributed by atoms with van der Waals surface area (Å²) in [7, 11) is 0. The van der Waals surface area contributed by atoms with Crippen LogP contribution >= 0.6 is 0 Å². The third kappa shape index (κ3) is 5.58. The number of unbranched alkanes of at least 4 members (excludes halogenated alkanes) is 1. The van der Waals surface area contributed by atoms with Crippen molar-refractivity contribution in [3.63, 3.8) is 0 Å². The molecule has 2 amide bonds. The number of amides is 2. The lowest BCUT2D eigenvalue weighted by Crippen LogP contribution is -2.45. The van der Waals surface area contributed by atoms with Crippen molar-refractivity contribution in [1.82, 2.24) is 10.6 Å². The molecule has 2 rings (SSSR count). The number of carboxylic acids is 1. The van der Waals surface area contributed by atoms with Crippen molar-refractivity contribution in [3.8, 4) is 0 Å². The second-order valence-corrected chi connectivity index (χ2v) is 6.19. The van der Waals surface area contributed by atoms with E-state index in [1.165, 1.54) is 0 Å². The maximum Gasteiger partial charge on any atom is 0.326 e. The van der Waals surface area contributed by atoms with Crippen LogP contribution in [0.3, 0.4) is 0 Å². The van der Waals surface area contributed by atoms with E-state index in [9.17, 15) is 14.4 Å². The van der Waals surface area contributed by atoms with Crippen LogP contribution < -0.4 is 10.6 Å². The summed E-state index contributed by atoms with van der Waals surface area (Å²) in [4.78, 5) is 35.2. The average Bonchev–Trinajstić information content (AvgIpc) is 2.63. The molecular weight excluding hydrogens is 332 g/mol. The van der Waals surface area contributed by atoms with Crippen LogP contribution in [0.1, 0.15) is 31.7 Å². The maximum atomic E-state index is 12.1. The second-order valence-electron chi connectivity index (χ2n) is 6.19. The van der Waals surface area contributed by atoms with Crippen LogP contribution in [-0.4, -0.2) is 35.5 Å². The molecule has 6 heteroatoms. The molecule has 0 spiro atoms. The van der Waals surface area contributed by atoms with Gasteiger partial charge in [0.2, 0.25) is 11.8 Å². The van der Waals surface area contributed by atoms with Gasteiger partial charge in [-0.1, -0.05) is 62.2 Å². The molecule has 0 aromatic heterocycles. The summed E-state index contributed by atoms with van der Waals surface area (Å²) in [6.07, 6.45) is 2.10. The summed E-state index contributed by atoms with van der Waals surface area (Å²) < 4.78 is 0. The van der Waals surface area contributed by atoms with E-state index in [4.69, 9.17) is 5.11 Å². The van der Waals surface area contributed by atoms with E-state index >= 15 is 0 Å². The molecule has 1 atom stereocenters. The number of fused-ring (bicyclic) bond motifs is 1. The highest BCUT2D eigenvalue weighted by molar-refractivity contribution is 5.92. The Labute approximate surface area is 152 Å². The van der Waals surface area contributed by atoms with Crippen LogP contribution in [0.2, 0.25) is 0 Å². The summed E-state index contributed by atoms with van der Waals surface area (Å²) in [6.45, 7) is 1.72. The number of hydrogen-bond acceptors (Lipinski definition) is 3. The summed E-state index contributed by atoms with van der Waals surface area (Å²) in [5, 5.41) is 16.2. The van der Waals surface area contributed by atoms with Gasteiger partial charge in [-0.3, -0.25) is 9.59 Å². The highest BCUT2D eigenvalue weighted by Gasteiger charge is 2.19. The Morgan fingerprint density at radius 1 is 1.04 bits per heavy atom. The number of carboxylic acid groups (broad SMARTS) is 1. The third-order valence-electron chi connectivity index (χ3n) is 4.16. The van der Waals surface area contributed by atoms with Crippen molar-refractivity contribution in [2.24, 2.45) is 0 Å². The number of aliphatic carboxylic acids is 1. The van der Waals surface area contributed by atoms with Gasteiger partial charge < -0.3 is 15.7 Å². The Hall–Kier alpha value is -2.89. The highest BCUT2D eigenvalue weighted by Crippen LogP contribution is 2.18. The first-order chi connectivity index (χ1) is 12.5. The lowest BCUT2D eigenvalue weighted by molar-refractivity contribution is -0.141. The van der Waals surface area contributed by atoms with E-state index in [-0.39, 0.29) is 18.9 Å². The SMILES string of the molecule is CCCCC(NC(=O)CNC(=O)Cc1cccc2ccccc12)C(=O)O. The lowest BCUT2D eigenvalue weighted by atomic mass is 10.0. The van der Waals surface area contributed by atoms with Crippen molar-refractivity contribution < 1.29 is 19.5 Å². The number of hydrogen-bond donors (Lipinski definition) is 3. The molecular formula is C20H24N2O4. The van der Waals surface area contributed by atoms with Crippen LogP contribution in [0.25, 0.3) is 10.8 Å². The molecule has 0 saturated carbocycles. The number of benzene rings is 2. The van der Waals surface area contributed by atoms with E-state index in [2.05, 4.69) is 10.6 Å².